The Kier molecular flexibility index (Phi) is 3.99. The molecule has 2 atom stereocenters. The van der Waals surface area contributed by atoms with Gasteiger partial charge in [-0.2, -0.15) is 0 Å². The lowest BCUT2D eigenvalue weighted by atomic mass is 10.1. The Bertz CT molecular complexity index is 545. The largest absolute Gasteiger partial charge is 0.379 e. The van der Waals surface area contributed by atoms with E-state index in [1.165, 1.54) is 0 Å². The number of nitrogens with one attached hydrogen (secondary N) is 2. The Morgan fingerprint density at radius 3 is 2.83 bits per heavy atom. The molecule has 6 heteroatoms. The molecule has 0 aliphatic carbocycles. The molecule has 0 radical (unpaired) electrons. The number of sulfone groups is 1. The minimum Gasteiger partial charge on any atom is -0.379 e. The predicted molar refractivity (Wildman–Crippen MR) is 76.7 cm³/mol. The fourth-order valence-electron chi connectivity index (χ4n) is 2.33. The van der Waals surface area contributed by atoms with Gasteiger partial charge < -0.3 is 10.6 Å². The molecule has 2 rings (SSSR count). The van der Waals surface area contributed by atoms with Crippen molar-refractivity contribution in [3.63, 3.8) is 0 Å². The SMILES string of the molecule is CNCCC1C(C)Nc2c(Br)cccc2S1(=O)=O. The second-order valence-corrected chi connectivity index (χ2v) is 7.51. The molecule has 1 heterocycles. The quantitative estimate of drug-likeness (QED) is 0.889. The van der Waals surface area contributed by atoms with E-state index in [-0.39, 0.29) is 11.3 Å². The van der Waals surface area contributed by atoms with Crippen LogP contribution in [0, 0.1) is 0 Å². The van der Waals surface area contributed by atoms with E-state index >= 15 is 0 Å². The zero-order valence-corrected chi connectivity index (χ0v) is 12.8. The first kappa shape index (κ1) is 13.8. The summed E-state index contributed by atoms with van der Waals surface area (Å²) in [4.78, 5) is 0.399. The van der Waals surface area contributed by atoms with Crippen LogP contribution in [0.25, 0.3) is 0 Å². The highest BCUT2D eigenvalue weighted by molar-refractivity contribution is 9.10. The first-order chi connectivity index (χ1) is 8.48. The molecule has 2 N–H and O–H groups in total. The van der Waals surface area contributed by atoms with Crippen LogP contribution in [0.15, 0.2) is 27.6 Å². The normalized spacial score (nSPS) is 25.3. The maximum absolute atomic E-state index is 12.6. The average molecular weight is 333 g/mol. The fourth-order valence-corrected chi connectivity index (χ4v) is 5.02. The molecular weight excluding hydrogens is 316 g/mol. The van der Waals surface area contributed by atoms with Crippen molar-refractivity contribution < 1.29 is 8.42 Å². The Morgan fingerprint density at radius 2 is 2.17 bits per heavy atom. The van der Waals surface area contributed by atoms with Gasteiger partial charge in [-0.3, -0.25) is 0 Å². The summed E-state index contributed by atoms with van der Waals surface area (Å²) in [6.45, 7) is 2.61. The summed E-state index contributed by atoms with van der Waals surface area (Å²) in [5.74, 6) is 0. The third-order valence-electron chi connectivity index (χ3n) is 3.29. The van der Waals surface area contributed by atoms with Crippen molar-refractivity contribution in [1.82, 2.24) is 5.32 Å². The van der Waals surface area contributed by atoms with Crippen LogP contribution in [0.2, 0.25) is 0 Å². The Labute approximate surface area is 116 Å². The standard InChI is InChI=1S/C12H17BrN2O2S/c1-8-10(6-7-14-2)18(16,17)11-5-3-4-9(13)12(11)15-8/h3-5,8,10,14-15H,6-7H2,1-2H3. The Hall–Kier alpha value is -0.590. The highest BCUT2D eigenvalue weighted by atomic mass is 79.9. The number of para-hydroxylation sites is 1. The molecule has 0 saturated carbocycles. The molecule has 0 amide bonds. The lowest BCUT2D eigenvalue weighted by Crippen LogP contribution is -2.43. The van der Waals surface area contributed by atoms with E-state index in [1.807, 2.05) is 20.0 Å². The Balaban J connectivity index is 2.47. The van der Waals surface area contributed by atoms with Crippen LogP contribution in [0.4, 0.5) is 5.69 Å². The fraction of sp³-hybridized carbons (Fsp3) is 0.500. The van der Waals surface area contributed by atoms with Crippen molar-refractivity contribution in [2.75, 3.05) is 18.9 Å². The lowest BCUT2D eigenvalue weighted by molar-refractivity contribution is 0.540. The molecule has 4 nitrogen and oxygen atoms in total. The molecule has 1 aromatic carbocycles. The van der Waals surface area contributed by atoms with Crippen molar-refractivity contribution in [3.8, 4) is 0 Å². The molecule has 100 valence electrons. The zero-order valence-electron chi connectivity index (χ0n) is 10.4. The van der Waals surface area contributed by atoms with Gasteiger partial charge in [0.1, 0.15) is 0 Å². The molecule has 0 aromatic heterocycles. The van der Waals surface area contributed by atoms with Gasteiger partial charge in [-0.15, -0.1) is 0 Å². The molecule has 1 aromatic rings. The van der Waals surface area contributed by atoms with Crippen LogP contribution in [0.3, 0.4) is 0 Å². The highest BCUT2D eigenvalue weighted by Gasteiger charge is 2.38. The summed E-state index contributed by atoms with van der Waals surface area (Å²) in [7, 11) is -1.43. The number of halogens is 1. The molecule has 0 saturated heterocycles. The van der Waals surface area contributed by atoms with Gasteiger partial charge in [-0.1, -0.05) is 6.07 Å². The zero-order chi connectivity index (χ0) is 13.3. The molecule has 0 spiro atoms. The van der Waals surface area contributed by atoms with Crippen LogP contribution >= 0.6 is 15.9 Å². The van der Waals surface area contributed by atoms with Gasteiger partial charge in [0.05, 0.1) is 15.8 Å². The summed E-state index contributed by atoms with van der Waals surface area (Å²) in [5.41, 5.74) is 0.686. The topological polar surface area (TPSA) is 58.2 Å². The maximum atomic E-state index is 12.6. The van der Waals surface area contributed by atoms with Gasteiger partial charge in [0, 0.05) is 10.5 Å². The van der Waals surface area contributed by atoms with Crippen molar-refractivity contribution in [2.45, 2.75) is 29.5 Å². The van der Waals surface area contributed by atoms with E-state index in [0.717, 1.165) is 4.47 Å². The highest BCUT2D eigenvalue weighted by Crippen LogP contribution is 2.38. The van der Waals surface area contributed by atoms with Crippen molar-refractivity contribution in [2.24, 2.45) is 0 Å². The van der Waals surface area contributed by atoms with E-state index in [9.17, 15) is 8.42 Å². The minimum atomic E-state index is -3.26. The third-order valence-corrected chi connectivity index (χ3v) is 6.34. The number of benzene rings is 1. The summed E-state index contributed by atoms with van der Waals surface area (Å²) in [5, 5.41) is 5.91. The van der Waals surface area contributed by atoms with Crippen LogP contribution in [-0.2, 0) is 9.84 Å². The van der Waals surface area contributed by atoms with Crippen molar-refractivity contribution in [3.05, 3.63) is 22.7 Å². The van der Waals surface area contributed by atoms with Crippen LogP contribution in [0.5, 0.6) is 0 Å². The first-order valence-electron chi connectivity index (χ1n) is 5.92. The van der Waals surface area contributed by atoms with Gasteiger partial charge in [-0.05, 0) is 55.0 Å². The van der Waals surface area contributed by atoms with E-state index in [4.69, 9.17) is 0 Å². The molecule has 0 bridgehead atoms. The number of anilines is 1. The number of rotatable bonds is 3. The predicted octanol–water partition coefficient (Wildman–Crippen LogP) is 2.01. The Morgan fingerprint density at radius 1 is 1.44 bits per heavy atom. The van der Waals surface area contributed by atoms with Crippen molar-refractivity contribution >= 4 is 31.5 Å². The van der Waals surface area contributed by atoms with Crippen LogP contribution in [-0.4, -0.2) is 33.3 Å². The molecule has 1 aliphatic heterocycles. The van der Waals surface area contributed by atoms with Gasteiger partial charge in [0.25, 0.3) is 0 Å². The van der Waals surface area contributed by atoms with Gasteiger partial charge in [0.15, 0.2) is 9.84 Å². The third kappa shape index (κ3) is 2.29. The van der Waals surface area contributed by atoms with E-state index < -0.39 is 9.84 Å². The summed E-state index contributed by atoms with van der Waals surface area (Å²) in [6.07, 6.45) is 0.610. The first-order valence-corrected chi connectivity index (χ1v) is 8.26. The van der Waals surface area contributed by atoms with Gasteiger partial charge >= 0.3 is 0 Å². The smallest absolute Gasteiger partial charge is 0.185 e. The second kappa shape index (κ2) is 5.19. The number of hydrogen-bond donors (Lipinski definition) is 2. The molecule has 1 aliphatic rings. The van der Waals surface area contributed by atoms with Gasteiger partial charge in [0.2, 0.25) is 0 Å². The van der Waals surface area contributed by atoms with Crippen molar-refractivity contribution in [1.29, 1.82) is 0 Å². The van der Waals surface area contributed by atoms with Crippen LogP contribution in [0.1, 0.15) is 13.3 Å². The monoisotopic (exact) mass is 332 g/mol. The minimum absolute atomic E-state index is 0.0884. The summed E-state index contributed by atoms with van der Waals surface area (Å²) in [6, 6.07) is 5.19. The summed E-state index contributed by atoms with van der Waals surface area (Å²) >= 11 is 3.39. The number of hydrogen-bond acceptors (Lipinski definition) is 4. The number of fused-ring (bicyclic) bond motifs is 1. The molecule has 2 unspecified atom stereocenters. The average Bonchev–Trinajstić information content (AvgIpc) is 2.30. The van der Waals surface area contributed by atoms with E-state index in [2.05, 4.69) is 26.6 Å². The molecular formula is C12H17BrN2O2S. The molecule has 0 fully saturated rings. The second-order valence-electron chi connectivity index (χ2n) is 4.52. The maximum Gasteiger partial charge on any atom is 0.185 e. The van der Waals surface area contributed by atoms with E-state index in [0.29, 0.717) is 23.5 Å². The van der Waals surface area contributed by atoms with Crippen LogP contribution < -0.4 is 10.6 Å². The van der Waals surface area contributed by atoms with Gasteiger partial charge in [-0.25, -0.2) is 8.42 Å². The summed E-state index contributed by atoms with van der Waals surface area (Å²) < 4.78 is 26.0. The molecule has 18 heavy (non-hydrogen) atoms. The van der Waals surface area contributed by atoms with E-state index in [1.54, 1.807) is 12.1 Å². The lowest BCUT2D eigenvalue weighted by Gasteiger charge is -2.32.